The number of halogens is 9. The molecular weight excluding hydrogens is 360 g/mol. The van der Waals surface area contributed by atoms with Crippen LogP contribution in [0.2, 0.25) is 0 Å². The van der Waals surface area contributed by atoms with Gasteiger partial charge in [-0.1, -0.05) is 0 Å². The fourth-order valence-corrected chi connectivity index (χ4v) is 1.78. The molecule has 0 amide bonds. The van der Waals surface area contributed by atoms with Crippen LogP contribution in [0.25, 0.3) is 0 Å². The van der Waals surface area contributed by atoms with Gasteiger partial charge in [-0.2, -0.15) is 35.1 Å². The van der Waals surface area contributed by atoms with Gasteiger partial charge < -0.3 is 10.2 Å². The Morgan fingerprint density at radius 3 is 1.76 bits per heavy atom. The Bertz CT molecular complexity index is 382. The first-order valence-corrected chi connectivity index (χ1v) is 6.37. The Kier molecular flexibility index (Phi) is 6.80. The molecule has 0 bridgehead atoms. The van der Waals surface area contributed by atoms with Crippen molar-refractivity contribution in [1.82, 2.24) is 0 Å². The highest BCUT2D eigenvalue weighted by Gasteiger charge is 2.79. The van der Waals surface area contributed by atoms with Crippen molar-refractivity contribution in [3.05, 3.63) is 11.0 Å². The molecule has 0 radical (unpaired) electrons. The minimum atomic E-state index is -6.54. The molecule has 0 rings (SSSR count). The molecule has 0 fully saturated rings. The van der Waals surface area contributed by atoms with Crippen molar-refractivity contribution >= 4 is 23.4 Å². The summed E-state index contributed by atoms with van der Waals surface area (Å²) in [5.74, 6) is -19.1. The second-order valence-electron chi connectivity index (χ2n) is 3.61. The number of alkyl halides is 9. The van der Waals surface area contributed by atoms with E-state index in [1.165, 1.54) is 0 Å². The van der Waals surface area contributed by atoms with Gasteiger partial charge in [0.1, 0.15) is 0 Å². The van der Waals surface area contributed by atoms with Crippen LogP contribution in [0.1, 0.15) is 0 Å². The van der Waals surface area contributed by atoms with Crippen LogP contribution in [0.5, 0.6) is 0 Å². The first-order chi connectivity index (χ1) is 9.24. The predicted octanol–water partition coefficient (Wildman–Crippen LogP) is 3.33. The number of aliphatic hydroxyl groups is 2. The maximum Gasteiger partial charge on any atom is 0.393 e. The van der Waals surface area contributed by atoms with E-state index >= 15 is 0 Å². The van der Waals surface area contributed by atoms with Gasteiger partial charge in [0.25, 0.3) is 0 Å². The Morgan fingerprint density at radius 2 is 1.43 bits per heavy atom. The highest BCUT2D eigenvalue weighted by Crippen LogP contribution is 2.54. The number of rotatable bonds is 8. The van der Waals surface area contributed by atoms with Crippen molar-refractivity contribution in [1.29, 1.82) is 0 Å². The van der Waals surface area contributed by atoms with E-state index in [1.807, 2.05) is 0 Å². The summed E-state index contributed by atoms with van der Waals surface area (Å²) in [5, 5.41) is 11.1. The van der Waals surface area contributed by atoms with E-state index < -0.39 is 47.3 Å². The van der Waals surface area contributed by atoms with Crippen LogP contribution in [0, 0.1) is 0 Å². The molecule has 0 spiro atoms. The summed E-state index contributed by atoms with van der Waals surface area (Å²) in [5.41, 5.74) is 0. The minimum absolute atomic E-state index is 0.265. The molecule has 126 valence electrons. The van der Waals surface area contributed by atoms with Gasteiger partial charge in [0, 0.05) is 16.7 Å². The minimum Gasteiger partial charge on any atom is -0.396 e. The molecule has 0 atom stereocenters. The van der Waals surface area contributed by atoms with E-state index in [4.69, 9.17) is 10.2 Å². The monoisotopic (exact) mass is 368 g/mol. The van der Waals surface area contributed by atoms with E-state index in [-0.39, 0.29) is 17.5 Å². The number of hydrogen-bond acceptors (Lipinski definition) is 3. The van der Waals surface area contributed by atoms with Crippen molar-refractivity contribution in [2.75, 3.05) is 19.0 Å². The highest BCUT2D eigenvalue weighted by atomic mass is 35.5. The highest BCUT2D eigenvalue weighted by molar-refractivity contribution is 8.03. The average Bonchev–Trinajstić information content (AvgIpc) is 2.32. The van der Waals surface area contributed by atoms with Crippen LogP contribution in [-0.4, -0.2) is 52.3 Å². The molecule has 0 unspecified atom stereocenters. The lowest BCUT2D eigenvalue weighted by atomic mass is 10.0. The first kappa shape index (κ1) is 20.7. The molecule has 12 heteroatoms. The Labute approximate surface area is 122 Å². The van der Waals surface area contributed by atoms with Crippen molar-refractivity contribution in [2.45, 2.75) is 23.1 Å². The van der Waals surface area contributed by atoms with Crippen LogP contribution in [0.15, 0.2) is 11.0 Å². The molecule has 0 aliphatic heterocycles. The molecular formula is C9H9ClF8O2S. The number of allylic oxidation sites excluding steroid dienone is 1. The fourth-order valence-electron chi connectivity index (χ4n) is 0.990. The molecule has 0 saturated carbocycles. The van der Waals surface area contributed by atoms with Crippen molar-refractivity contribution in [3.8, 4) is 0 Å². The molecule has 2 nitrogen and oxygen atoms in total. The third-order valence-corrected chi connectivity index (χ3v) is 3.29. The Morgan fingerprint density at radius 1 is 0.952 bits per heavy atom. The lowest BCUT2D eigenvalue weighted by molar-refractivity contribution is -0.335. The third kappa shape index (κ3) is 4.36. The summed E-state index contributed by atoms with van der Waals surface area (Å²) in [6.07, 6.45) is -0.760. The van der Waals surface area contributed by atoms with Crippen LogP contribution in [-0.2, 0) is 0 Å². The van der Waals surface area contributed by atoms with Gasteiger partial charge in [0.15, 0.2) is 0 Å². The SMILES string of the molecule is OCCS/C(=C/C(F)(F)C(F)(F)C(F)(F)C(F)(F)Cl)CO. The van der Waals surface area contributed by atoms with Crippen molar-refractivity contribution in [2.24, 2.45) is 0 Å². The van der Waals surface area contributed by atoms with Crippen LogP contribution in [0.3, 0.4) is 0 Å². The molecule has 0 aromatic carbocycles. The molecule has 0 aliphatic rings. The van der Waals surface area contributed by atoms with Crippen LogP contribution < -0.4 is 0 Å². The van der Waals surface area contributed by atoms with Gasteiger partial charge in [-0.25, -0.2) is 0 Å². The van der Waals surface area contributed by atoms with E-state index in [0.29, 0.717) is 0 Å². The Hall–Kier alpha value is -0.260. The molecule has 0 heterocycles. The van der Waals surface area contributed by atoms with E-state index in [2.05, 4.69) is 11.6 Å². The summed E-state index contributed by atoms with van der Waals surface area (Å²) in [4.78, 5) is -0.901. The van der Waals surface area contributed by atoms with Crippen LogP contribution in [0.4, 0.5) is 35.1 Å². The third-order valence-electron chi connectivity index (χ3n) is 2.05. The number of hydrogen-bond donors (Lipinski definition) is 2. The fraction of sp³-hybridized carbons (Fsp3) is 0.778. The normalized spacial score (nSPS) is 15.5. The largest absolute Gasteiger partial charge is 0.396 e. The smallest absolute Gasteiger partial charge is 0.393 e. The van der Waals surface area contributed by atoms with Crippen molar-refractivity contribution < 1.29 is 45.3 Å². The van der Waals surface area contributed by atoms with E-state index in [0.717, 1.165) is 0 Å². The van der Waals surface area contributed by atoms with Gasteiger partial charge in [-0.05, 0) is 11.6 Å². The number of thioether (sulfide) groups is 1. The van der Waals surface area contributed by atoms with Gasteiger partial charge in [0.2, 0.25) is 0 Å². The maximum atomic E-state index is 13.2. The Balaban J connectivity index is 5.61. The van der Waals surface area contributed by atoms with E-state index in [1.54, 1.807) is 0 Å². The molecule has 21 heavy (non-hydrogen) atoms. The van der Waals surface area contributed by atoms with Gasteiger partial charge >= 0.3 is 23.1 Å². The lowest BCUT2D eigenvalue weighted by Crippen LogP contribution is -2.60. The second-order valence-corrected chi connectivity index (χ2v) is 5.31. The molecule has 2 N–H and O–H groups in total. The maximum absolute atomic E-state index is 13.2. The van der Waals surface area contributed by atoms with E-state index in [9.17, 15) is 35.1 Å². The zero-order valence-corrected chi connectivity index (χ0v) is 11.5. The molecule has 0 aromatic heterocycles. The predicted molar refractivity (Wildman–Crippen MR) is 60.4 cm³/mol. The topological polar surface area (TPSA) is 40.5 Å². The van der Waals surface area contributed by atoms with Gasteiger partial charge in [-0.15, -0.1) is 11.8 Å². The summed E-state index contributed by atoms with van der Waals surface area (Å²) in [6.45, 7) is -1.82. The molecule has 0 saturated heterocycles. The summed E-state index contributed by atoms with van der Waals surface area (Å²) >= 11 is 4.03. The molecule has 0 aliphatic carbocycles. The first-order valence-electron chi connectivity index (χ1n) is 5.01. The van der Waals surface area contributed by atoms with Gasteiger partial charge in [-0.3, -0.25) is 0 Å². The van der Waals surface area contributed by atoms with Crippen LogP contribution >= 0.6 is 23.4 Å². The lowest BCUT2D eigenvalue weighted by Gasteiger charge is -2.33. The van der Waals surface area contributed by atoms with Gasteiger partial charge in [0.05, 0.1) is 13.2 Å². The second kappa shape index (κ2) is 6.88. The summed E-state index contributed by atoms with van der Waals surface area (Å²) in [7, 11) is 0. The zero-order valence-electron chi connectivity index (χ0n) is 9.90. The molecule has 0 aromatic rings. The average molecular weight is 369 g/mol. The zero-order chi connectivity index (χ0) is 17.1. The quantitative estimate of drug-likeness (QED) is 0.510. The summed E-state index contributed by atoms with van der Waals surface area (Å²) in [6, 6.07) is 0. The van der Waals surface area contributed by atoms with Crippen molar-refractivity contribution in [3.63, 3.8) is 0 Å². The summed E-state index contributed by atoms with van der Waals surface area (Å²) < 4.78 is 103. The standard InChI is InChI=1S/C9H9ClF8O2S/c10-9(17,18)8(15,16)7(13,14)6(11,12)3-5(4-20)21-2-1-19/h3,19-20H,1-2,4H2/b5-3+. The number of aliphatic hydroxyl groups excluding tert-OH is 2.